The Labute approximate surface area is 92.1 Å². The van der Waals surface area contributed by atoms with Gasteiger partial charge in [-0.1, -0.05) is 20.8 Å². The van der Waals surface area contributed by atoms with E-state index in [2.05, 4.69) is 25.8 Å². The SMILES string of the molecule is CCCn1cncc1C(O)CCC(C)C. The quantitative estimate of drug-likeness (QED) is 0.784. The van der Waals surface area contributed by atoms with Crippen molar-refractivity contribution in [2.45, 2.75) is 52.7 Å². The van der Waals surface area contributed by atoms with Crippen LogP contribution in [0.15, 0.2) is 12.5 Å². The van der Waals surface area contributed by atoms with Gasteiger partial charge in [0.25, 0.3) is 0 Å². The Hall–Kier alpha value is -0.830. The third-order valence-corrected chi connectivity index (χ3v) is 2.57. The molecule has 0 aliphatic rings. The van der Waals surface area contributed by atoms with Crippen molar-refractivity contribution in [3.8, 4) is 0 Å². The lowest BCUT2D eigenvalue weighted by Gasteiger charge is -2.14. The summed E-state index contributed by atoms with van der Waals surface area (Å²) in [6.45, 7) is 7.42. The van der Waals surface area contributed by atoms with Crippen LogP contribution in [0.5, 0.6) is 0 Å². The zero-order chi connectivity index (χ0) is 11.3. The summed E-state index contributed by atoms with van der Waals surface area (Å²) in [5.74, 6) is 0.641. The number of rotatable bonds is 6. The highest BCUT2D eigenvalue weighted by atomic mass is 16.3. The van der Waals surface area contributed by atoms with Crippen LogP contribution in [0, 0.1) is 5.92 Å². The Morgan fingerprint density at radius 2 is 2.13 bits per heavy atom. The van der Waals surface area contributed by atoms with Gasteiger partial charge in [0, 0.05) is 6.54 Å². The van der Waals surface area contributed by atoms with E-state index < -0.39 is 0 Å². The molecule has 1 aromatic rings. The molecule has 0 bridgehead atoms. The molecule has 1 N–H and O–H groups in total. The number of aliphatic hydroxyl groups excluding tert-OH is 1. The van der Waals surface area contributed by atoms with Gasteiger partial charge in [-0.15, -0.1) is 0 Å². The molecule has 15 heavy (non-hydrogen) atoms. The minimum Gasteiger partial charge on any atom is -0.387 e. The van der Waals surface area contributed by atoms with Crippen LogP contribution in [0.25, 0.3) is 0 Å². The third-order valence-electron chi connectivity index (χ3n) is 2.57. The van der Waals surface area contributed by atoms with E-state index in [-0.39, 0.29) is 6.10 Å². The molecule has 0 radical (unpaired) electrons. The zero-order valence-electron chi connectivity index (χ0n) is 9.98. The van der Waals surface area contributed by atoms with Crippen molar-refractivity contribution in [3.05, 3.63) is 18.2 Å². The van der Waals surface area contributed by atoms with Crippen molar-refractivity contribution in [3.63, 3.8) is 0 Å². The van der Waals surface area contributed by atoms with E-state index in [4.69, 9.17) is 0 Å². The molecule has 1 atom stereocenters. The summed E-state index contributed by atoms with van der Waals surface area (Å²) >= 11 is 0. The van der Waals surface area contributed by atoms with Gasteiger partial charge < -0.3 is 9.67 Å². The van der Waals surface area contributed by atoms with Gasteiger partial charge in [-0.3, -0.25) is 0 Å². The van der Waals surface area contributed by atoms with Crippen LogP contribution in [-0.4, -0.2) is 14.7 Å². The maximum atomic E-state index is 10.0. The van der Waals surface area contributed by atoms with Crippen molar-refractivity contribution in [2.24, 2.45) is 5.92 Å². The summed E-state index contributed by atoms with van der Waals surface area (Å²) in [7, 11) is 0. The first kappa shape index (κ1) is 12.2. The van der Waals surface area contributed by atoms with Crippen LogP contribution < -0.4 is 0 Å². The van der Waals surface area contributed by atoms with E-state index >= 15 is 0 Å². The van der Waals surface area contributed by atoms with Gasteiger partial charge in [-0.25, -0.2) is 4.98 Å². The second-order valence-corrected chi connectivity index (χ2v) is 4.50. The Balaban J connectivity index is 2.56. The molecule has 0 aliphatic heterocycles. The maximum Gasteiger partial charge on any atom is 0.0955 e. The first-order valence-corrected chi connectivity index (χ1v) is 5.83. The molecule has 86 valence electrons. The normalized spacial score (nSPS) is 13.4. The number of aromatic nitrogens is 2. The highest BCUT2D eigenvalue weighted by Gasteiger charge is 2.12. The molecule has 3 nitrogen and oxygen atoms in total. The van der Waals surface area contributed by atoms with Crippen molar-refractivity contribution < 1.29 is 5.11 Å². The van der Waals surface area contributed by atoms with Crippen molar-refractivity contribution >= 4 is 0 Å². The van der Waals surface area contributed by atoms with Crippen LogP contribution in [0.3, 0.4) is 0 Å². The van der Waals surface area contributed by atoms with Gasteiger partial charge in [0.15, 0.2) is 0 Å². The van der Waals surface area contributed by atoms with Gasteiger partial charge in [-0.05, 0) is 25.2 Å². The van der Waals surface area contributed by atoms with Crippen LogP contribution in [-0.2, 0) is 6.54 Å². The Morgan fingerprint density at radius 3 is 2.73 bits per heavy atom. The largest absolute Gasteiger partial charge is 0.387 e. The predicted molar refractivity (Wildman–Crippen MR) is 61.5 cm³/mol. The van der Waals surface area contributed by atoms with Crippen LogP contribution >= 0.6 is 0 Å². The van der Waals surface area contributed by atoms with Crippen LogP contribution in [0.2, 0.25) is 0 Å². The second kappa shape index (κ2) is 5.91. The Morgan fingerprint density at radius 1 is 1.40 bits per heavy atom. The molecule has 0 saturated carbocycles. The molecule has 0 amide bonds. The number of imidazole rings is 1. The average molecular weight is 210 g/mol. The van der Waals surface area contributed by atoms with Crippen LogP contribution in [0.4, 0.5) is 0 Å². The first-order chi connectivity index (χ1) is 7.15. The molecular formula is C12H22N2O. The van der Waals surface area contributed by atoms with Gasteiger partial charge in [-0.2, -0.15) is 0 Å². The summed E-state index contributed by atoms with van der Waals surface area (Å²) in [4.78, 5) is 4.09. The average Bonchev–Trinajstić information content (AvgIpc) is 2.63. The first-order valence-electron chi connectivity index (χ1n) is 5.83. The zero-order valence-corrected chi connectivity index (χ0v) is 9.98. The smallest absolute Gasteiger partial charge is 0.0955 e. The fourth-order valence-electron chi connectivity index (χ4n) is 1.68. The molecule has 1 unspecified atom stereocenters. The highest BCUT2D eigenvalue weighted by Crippen LogP contribution is 2.20. The van der Waals surface area contributed by atoms with E-state index in [0.29, 0.717) is 5.92 Å². The summed E-state index contributed by atoms with van der Waals surface area (Å²) in [5.41, 5.74) is 0.956. The van der Waals surface area contributed by atoms with Crippen molar-refractivity contribution in [1.82, 2.24) is 9.55 Å². The summed E-state index contributed by atoms with van der Waals surface area (Å²) in [5, 5.41) is 10.0. The molecular weight excluding hydrogens is 188 g/mol. The molecule has 3 heteroatoms. The topological polar surface area (TPSA) is 38.0 Å². The fraction of sp³-hybridized carbons (Fsp3) is 0.750. The van der Waals surface area contributed by atoms with Gasteiger partial charge in [0.05, 0.1) is 24.3 Å². The number of hydrogen-bond donors (Lipinski definition) is 1. The van der Waals surface area contributed by atoms with Crippen molar-refractivity contribution in [2.75, 3.05) is 0 Å². The minimum atomic E-state index is -0.360. The van der Waals surface area contributed by atoms with E-state index in [1.165, 1.54) is 0 Å². The summed E-state index contributed by atoms with van der Waals surface area (Å²) in [6.07, 6.45) is 6.17. The molecule has 0 aromatic carbocycles. The number of hydrogen-bond acceptors (Lipinski definition) is 2. The van der Waals surface area contributed by atoms with E-state index in [0.717, 1.165) is 31.5 Å². The number of aliphatic hydroxyl groups is 1. The molecule has 1 aromatic heterocycles. The Bertz CT molecular complexity index is 281. The monoisotopic (exact) mass is 210 g/mol. The molecule has 0 saturated heterocycles. The van der Waals surface area contributed by atoms with Crippen molar-refractivity contribution in [1.29, 1.82) is 0 Å². The summed E-state index contributed by atoms with van der Waals surface area (Å²) in [6, 6.07) is 0. The third kappa shape index (κ3) is 3.67. The summed E-state index contributed by atoms with van der Waals surface area (Å²) < 4.78 is 2.05. The lowest BCUT2D eigenvalue weighted by molar-refractivity contribution is 0.150. The Kier molecular flexibility index (Phi) is 4.82. The lowest BCUT2D eigenvalue weighted by Crippen LogP contribution is -2.07. The fourth-order valence-corrected chi connectivity index (χ4v) is 1.68. The molecule has 0 aliphatic carbocycles. The van der Waals surface area contributed by atoms with E-state index in [1.807, 2.05) is 4.57 Å². The highest BCUT2D eigenvalue weighted by molar-refractivity contribution is 5.02. The molecule has 0 fully saturated rings. The van der Waals surface area contributed by atoms with E-state index in [9.17, 15) is 5.11 Å². The molecule has 0 spiro atoms. The number of aryl methyl sites for hydroxylation is 1. The molecule has 1 rings (SSSR count). The predicted octanol–water partition coefficient (Wildman–Crippen LogP) is 2.76. The second-order valence-electron chi connectivity index (χ2n) is 4.50. The van der Waals surface area contributed by atoms with Crippen LogP contribution in [0.1, 0.15) is 51.8 Å². The maximum absolute atomic E-state index is 10.0. The standard InChI is InChI=1S/C12H22N2O/c1-4-7-14-9-13-8-11(14)12(15)6-5-10(2)3/h8-10,12,15H,4-7H2,1-3H3. The van der Waals surface area contributed by atoms with Gasteiger partial charge in [0.1, 0.15) is 0 Å². The van der Waals surface area contributed by atoms with E-state index in [1.54, 1.807) is 12.5 Å². The lowest BCUT2D eigenvalue weighted by atomic mass is 10.0. The number of nitrogens with zero attached hydrogens (tertiary/aromatic N) is 2. The van der Waals surface area contributed by atoms with Gasteiger partial charge >= 0.3 is 0 Å². The van der Waals surface area contributed by atoms with Gasteiger partial charge in [0.2, 0.25) is 0 Å². The minimum absolute atomic E-state index is 0.360. The molecule has 1 heterocycles.